The van der Waals surface area contributed by atoms with Gasteiger partial charge < -0.3 is 9.88 Å². The molecule has 0 spiro atoms. The van der Waals surface area contributed by atoms with Gasteiger partial charge in [-0.3, -0.25) is 14.9 Å². The molecule has 0 aliphatic heterocycles. The maximum absolute atomic E-state index is 12.0. The van der Waals surface area contributed by atoms with Gasteiger partial charge in [0, 0.05) is 41.9 Å². The van der Waals surface area contributed by atoms with Crippen LogP contribution in [0.4, 0.5) is 11.4 Å². The van der Waals surface area contributed by atoms with Crippen molar-refractivity contribution < 1.29 is 4.92 Å². The van der Waals surface area contributed by atoms with Gasteiger partial charge in [0.25, 0.3) is 11.2 Å². The highest BCUT2D eigenvalue weighted by molar-refractivity contribution is 5.93. The zero-order chi connectivity index (χ0) is 14.5. The number of nitrogens with one attached hydrogen (secondary N) is 1. The lowest BCUT2D eigenvalue weighted by molar-refractivity contribution is -0.384. The van der Waals surface area contributed by atoms with E-state index >= 15 is 0 Å². The monoisotopic (exact) mass is 273 g/mol. The van der Waals surface area contributed by atoms with E-state index in [1.54, 1.807) is 13.1 Å². The quantitative estimate of drug-likeness (QED) is 0.688. The van der Waals surface area contributed by atoms with Crippen molar-refractivity contribution >= 4 is 22.3 Å². The number of benzene rings is 1. The van der Waals surface area contributed by atoms with E-state index in [2.05, 4.69) is 12.2 Å². The third-order valence-electron chi connectivity index (χ3n) is 3.88. The van der Waals surface area contributed by atoms with Gasteiger partial charge in [-0.05, 0) is 25.8 Å². The fourth-order valence-electron chi connectivity index (χ4n) is 2.30. The van der Waals surface area contributed by atoms with Crippen molar-refractivity contribution in [1.82, 2.24) is 4.57 Å². The third-order valence-corrected chi connectivity index (χ3v) is 3.88. The molecule has 0 amide bonds. The Labute approximate surface area is 115 Å². The number of aryl methyl sites for hydroxylation is 1. The molecular weight excluding hydrogens is 258 g/mol. The number of fused-ring (bicyclic) bond motifs is 1. The van der Waals surface area contributed by atoms with Crippen LogP contribution in [-0.4, -0.2) is 15.0 Å². The Morgan fingerprint density at radius 2 is 2.05 bits per heavy atom. The van der Waals surface area contributed by atoms with E-state index in [1.165, 1.54) is 22.8 Å². The second-order valence-corrected chi connectivity index (χ2v) is 5.60. The van der Waals surface area contributed by atoms with Crippen molar-refractivity contribution in [3.8, 4) is 0 Å². The molecule has 2 aromatic rings. The lowest BCUT2D eigenvalue weighted by Gasteiger charge is -2.16. The standard InChI is InChI=1S/C14H15N3O3/c1-14(5-6-14)15-11-8-13(18)16(2)12-4-3-9(17(19)20)7-10(11)12/h3-4,7-8,15H,5-6H2,1-2H3. The van der Waals surface area contributed by atoms with Crippen LogP contribution in [0.3, 0.4) is 0 Å². The molecule has 0 unspecified atom stereocenters. The first-order chi connectivity index (χ1) is 9.39. The molecule has 1 aromatic heterocycles. The van der Waals surface area contributed by atoms with Gasteiger partial charge in [-0.1, -0.05) is 0 Å². The fourth-order valence-corrected chi connectivity index (χ4v) is 2.30. The van der Waals surface area contributed by atoms with Gasteiger partial charge >= 0.3 is 0 Å². The van der Waals surface area contributed by atoms with Crippen molar-refractivity contribution in [2.24, 2.45) is 7.05 Å². The average molecular weight is 273 g/mol. The van der Waals surface area contributed by atoms with Crippen LogP contribution < -0.4 is 10.9 Å². The zero-order valence-electron chi connectivity index (χ0n) is 11.3. The van der Waals surface area contributed by atoms with Crippen LogP contribution in [0.5, 0.6) is 0 Å². The summed E-state index contributed by atoms with van der Waals surface area (Å²) < 4.78 is 1.50. The molecule has 0 radical (unpaired) electrons. The number of hydrogen-bond acceptors (Lipinski definition) is 4. The molecule has 1 saturated carbocycles. The van der Waals surface area contributed by atoms with Gasteiger partial charge in [0.2, 0.25) is 0 Å². The summed E-state index contributed by atoms with van der Waals surface area (Å²) in [5.74, 6) is 0. The second kappa shape index (κ2) is 4.06. The lowest BCUT2D eigenvalue weighted by Crippen LogP contribution is -2.21. The van der Waals surface area contributed by atoms with E-state index in [0.717, 1.165) is 12.8 Å². The lowest BCUT2D eigenvalue weighted by atomic mass is 10.1. The van der Waals surface area contributed by atoms with E-state index in [0.29, 0.717) is 16.6 Å². The number of nitro groups is 1. The highest BCUT2D eigenvalue weighted by Gasteiger charge is 2.37. The first-order valence-corrected chi connectivity index (χ1v) is 6.46. The van der Waals surface area contributed by atoms with E-state index < -0.39 is 4.92 Å². The van der Waals surface area contributed by atoms with Crippen LogP contribution >= 0.6 is 0 Å². The van der Waals surface area contributed by atoms with Crippen molar-refractivity contribution in [3.05, 3.63) is 44.7 Å². The molecule has 1 heterocycles. The Kier molecular flexibility index (Phi) is 2.57. The minimum Gasteiger partial charge on any atom is -0.379 e. The normalized spacial score (nSPS) is 16.1. The highest BCUT2D eigenvalue weighted by atomic mass is 16.6. The Hall–Kier alpha value is -2.37. The predicted octanol–water partition coefficient (Wildman–Crippen LogP) is 2.41. The molecule has 1 fully saturated rings. The van der Waals surface area contributed by atoms with Crippen molar-refractivity contribution in [1.29, 1.82) is 0 Å². The largest absolute Gasteiger partial charge is 0.379 e. The van der Waals surface area contributed by atoms with Crippen LogP contribution in [0.1, 0.15) is 19.8 Å². The third kappa shape index (κ3) is 2.03. The van der Waals surface area contributed by atoms with Crippen LogP contribution in [0.15, 0.2) is 29.1 Å². The Bertz CT molecular complexity index is 775. The number of hydrogen-bond donors (Lipinski definition) is 1. The van der Waals surface area contributed by atoms with Crippen LogP contribution in [-0.2, 0) is 7.05 Å². The van der Waals surface area contributed by atoms with Crippen LogP contribution in [0.2, 0.25) is 0 Å². The van der Waals surface area contributed by atoms with Gasteiger partial charge in [0.05, 0.1) is 10.4 Å². The number of pyridine rings is 1. The van der Waals surface area contributed by atoms with Crippen LogP contribution in [0.25, 0.3) is 10.9 Å². The molecule has 1 aliphatic carbocycles. The van der Waals surface area contributed by atoms with Crippen molar-refractivity contribution in [2.75, 3.05) is 5.32 Å². The first-order valence-electron chi connectivity index (χ1n) is 6.46. The van der Waals surface area contributed by atoms with E-state index in [1.807, 2.05) is 0 Å². The maximum Gasteiger partial charge on any atom is 0.270 e. The predicted molar refractivity (Wildman–Crippen MR) is 77.1 cm³/mol. The van der Waals surface area contributed by atoms with Gasteiger partial charge in [0.1, 0.15) is 0 Å². The fraction of sp³-hybridized carbons (Fsp3) is 0.357. The summed E-state index contributed by atoms with van der Waals surface area (Å²) >= 11 is 0. The number of aromatic nitrogens is 1. The topological polar surface area (TPSA) is 77.2 Å². The minimum atomic E-state index is -0.423. The number of nitro benzene ring substituents is 1. The number of anilines is 1. The van der Waals surface area contributed by atoms with Gasteiger partial charge in [0.15, 0.2) is 0 Å². The summed E-state index contributed by atoms with van der Waals surface area (Å²) in [5, 5.41) is 15.0. The van der Waals surface area contributed by atoms with Gasteiger partial charge in [-0.25, -0.2) is 0 Å². The van der Waals surface area contributed by atoms with E-state index in [4.69, 9.17) is 0 Å². The summed E-state index contributed by atoms with van der Waals surface area (Å²) in [4.78, 5) is 22.5. The summed E-state index contributed by atoms with van der Waals surface area (Å²) in [7, 11) is 1.67. The highest BCUT2D eigenvalue weighted by Crippen LogP contribution is 2.39. The van der Waals surface area contributed by atoms with E-state index in [-0.39, 0.29) is 16.8 Å². The molecule has 6 heteroatoms. The minimum absolute atomic E-state index is 0.00388. The number of non-ortho nitro benzene ring substituents is 1. The van der Waals surface area contributed by atoms with Crippen molar-refractivity contribution in [3.63, 3.8) is 0 Å². The molecule has 20 heavy (non-hydrogen) atoms. The number of nitrogens with zero attached hydrogens (tertiary/aromatic N) is 2. The zero-order valence-corrected chi connectivity index (χ0v) is 11.3. The summed E-state index contributed by atoms with van der Waals surface area (Å²) in [6.07, 6.45) is 2.08. The Balaban J connectivity index is 2.25. The second-order valence-electron chi connectivity index (χ2n) is 5.60. The van der Waals surface area contributed by atoms with Gasteiger partial charge in [-0.2, -0.15) is 0 Å². The smallest absolute Gasteiger partial charge is 0.270 e. The molecule has 6 nitrogen and oxygen atoms in total. The Morgan fingerprint density at radius 3 is 2.65 bits per heavy atom. The molecule has 1 aliphatic rings. The Morgan fingerprint density at radius 1 is 1.35 bits per heavy atom. The molecule has 3 rings (SSSR count). The van der Waals surface area contributed by atoms with Gasteiger partial charge in [-0.15, -0.1) is 0 Å². The first kappa shape index (κ1) is 12.7. The average Bonchev–Trinajstić information content (AvgIpc) is 3.12. The van der Waals surface area contributed by atoms with Crippen molar-refractivity contribution in [2.45, 2.75) is 25.3 Å². The summed E-state index contributed by atoms with van der Waals surface area (Å²) in [6, 6.07) is 6.07. The SMILES string of the molecule is Cn1c(=O)cc(NC2(C)CC2)c2cc([N+](=O)[O-])ccc21. The molecule has 1 aromatic carbocycles. The maximum atomic E-state index is 12.0. The summed E-state index contributed by atoms with van der Waals surface area (Å²) in [6.45, 7) is 2.08. The molecule has 1 N–H and O–H groups in total. The van der Waals surface area contributed by atoms with E-state index in [9.17, 15) is 14.9 Å². The molecule has 0 bridgehead atoms. The number of rotatable bonds is 3. The van der Waals surface area contributed by atoms with Crippen LogP contribution in [0, 0.1) is 10.1 Å². The molecular formula is C14H15N3O3. The molecule has 104 valence electrons. The molecule has 0 atom stereocenters. The molecule has 0 saturated heterocycles. The summed E-state index contributed by atoms with van der Waals surface area (Å²) in [5.41, 5.74) is 1.27.